The minimum absolute atomic E-state index is 0.695. The third-order valence-electron chi connectivity index (χ3n) is 2.55. The first kappa shape index (κ1) is 12.7. The molecule has 0 N–H and O–H groups in total. The van der Waals surface area contributed by atoms with Gasteiger partial charge in [0.25, 0.3) is 0 Å². The number of benzene rings is 1. The molecule has 0 fully saturated rings. The summed E-state index contributed by atoms with van der Waals surface area (Å²) in [5, 5.41) is 0.886. The Morgan fingerprint density at radius 3 is 2.74 bits per heavy atom. The highest BCUT2D eigenvalue weighted by Crippen LogP contribution is 2.36. The predicted molar refractivity (Wildman–Crippen MR) is 75.9 cm³/mol. The molecule has 6 heteroatoms. The van der Waals surface area contributed by atoms with E-state index in [4.69, 9.17) is 9.47 Å². The van der Waals surface area contributed by atoms with Crippen molar-refractivity contribution in [1.29, 1.82) is 0 Å². The first-order valence-electron chi connectivity index (χ1n) is 5.86. The van der Waals surface area contributed by atoms with Gasteiger partial charge in [0.2, 0.25) is 0 Å². The number of aromatic nitrogens is 2. The third-order valence-corrected chi connectivity index (χ3v) is 3.91. The summed E-state index contributed by atoms with van der Waals surface area (Å²) in [7, 11) is 0. The smallest absolute Gasteiger partial charge is 0.162 e. The summed E-state index contributed by atoms with van der Waals surface area (Å²) in [5.41, 5.74) is 0. The second kappa shape index (κ2) is 5.79. The van der Waals surface area contributed by atoms with Gasteiger partial charge in [0.15, 0.2) is 11.5 Å². The Kier molecular flexibility index (Phi) is 3.89. The van der Waals surface area contributed by atoms with Gasteiger partial charge in [-0.25, -0.2) is 9.97 Å². The van der Waals surface area contributed by atoms with Gasteiger partial charge in [-0.2, -0.15) is 0 Å². The van der Waals surface area contributed by atoms with Gasteiger partial charge in [0.1, 0.15) is 16.0 Å². The number of rotatable bonds is 2. The topological polar surface area (TPSA) is 44.2 Å². The van der Waals surface area contributed by atoms with Crippen LogP contribution in [0, 0.1) is 0 Å². The van der Waals surface area contributed by atoms with Gasteiger partial charge in [-0.15, -0.1) is 0 Å². The fourth-order valence-electron chi connectivity index (χ4n) is 1.70. The van der Waals surface area contributed by atoms with E-state index in [1.54, 1.807) is 11.8 Å². The van der Waals surface area contributed by atoms with Crippen LogP contribution in [0.3, 0.4) is 0 Å². The van der Waals surface area contributed by atoms with Gasteiger partial charge in [0.05, 0.1) is 13.2 Å². The summed E-state index contributed by atoms with van der Waals surface area (Å²) in [4.78, 5) is 9.29. The lowest BCUT2D eigenvalue weighted by molar-refractivity contribution is 0.297. The van der Waals surface area contributed by atoms with Crippen LogP contribution in [0.4, 0.5) is 0 Å². The molecule has 0 saturated carbocycles. The van der Waals surface area contributed by atoms with Crippen LogP contribution in [0.25, 0.3) is 0 Å². The Hall–Kier alpha value is -1.27. The third kappa shape index (κ3) is 3.19. The first-order valence-corrected chi connectivity index (χ1v) is 7.47. The second-order valence-corrected chi connectivity index (χ2v) is 5.85. The summed E-state index contributed by atoms with van der Waals surface area (Å²) in [6, 6.07) is 7.82. The van der Waals surface area contributed by atoms with Crippen LogP contribution in [-0.2, 0) is 0 Å². The van der Waals surface area contributed by atoms with E-state index in [-0.39, 0.29) is 0 Å². The lowest BCUT2D eigenvalue weighted by Gasteiger charge is -2.08. The highest BCUT2D eigenvalue weighted by Gasteiger charge is 2.11. The molecule has 0 aliphatic carbocycles. The highest BCUT2D eigenvalue weighted by atomic mass is 79.9. The van der Waals surface area contributed by atoms with Crippen molar-refractivity contribution in [2.75, 3.05) is 13.2 Å². The number of ether oxygens (including phenoxy) is 2. The Morgan fingerprint density at radius 2 is 1.89 bits per heavy atom. The molecule has 4 nitrogen and oxygen atoms in total. The van der Waals surface area contributed by atoms with Crippen LogP contribution in [-0.4, -0.2) is 23.2 Å². The van der Waals surface area contributed by atoms with Crippen molar-refractivity contribution < 1.29 is 9.47 Å². The minimum atomic E-state index is 0.695. The summed E-state index contributed by atoms with van der Waals surface area (Å²) >= 11 is 4.90. The SMILES string of the molecule is Brc1cc(Sc2ccc3c(c2)OCCCO3)ncn1. The maximum Gasteiger partial charge on any atom is 0.162 e. The number of nitrogens with zero attached hydrogens (tertiary/aromatic N) is 2. The molecule has 2 heterocycles. The normalized spacial score (nSPS) is 13.9. The van der Waals surface area contributed by atoms with Crippen LogP contribution >= 0.6 is 27.7 Å². The molecule has 1 aromatic heterocycles. The molecule has 0 saturated heterocycles. The van der Waals surface area contributed by atoms with Crippen molar-refractivity contribution in [3.63, 3.8) is 0 Å². The molecular formula is C13H11BrN2O2S. The molecule has 1 aliphatic rings. The fourth-order valence-corrected chi connectivity index (χ4v) is 2.97. The largest absolute Gasteiger partial charge is 0.490 e. The van der Waals surface area contributed by atoms with E-state index in [9.17, 15) is 0 Å². The van der Waals surface area contributed by atoms with Crippen molar-refractivity contribution in [3.05, 3.63) is 35.2 Å². The second-order valence-electron chi connectivity index (χ2n) is 3.94. The molecule has 0 amide bonds. The summed E-state index contributed by atoms with van der Waals surface area (Å²) in [6.45, 7) is 1.40. The van der Waals surface area contributed by atoms with E-state index in [1.807, 2.05) is 24.3 Å². The van der Waals surface area contributed by atoms with Gasteiger partial charge in [0, 0.05) is 17.4 Å². The monoisotopic (exact) mass is 338 g/mol. The standard InChI is InChI=1S/C13H11BrN2O2S/c14-12-7-13(16-8-15-12)19-9-2-3-10-11(6-9)18-5-1-4-17-10/h2-3,6-8H,1,4-5H2. The van der Waals surface area contributed by atoms with Gasteiger partial charge in [-0.05, 0) is 34.1 Å². The molecule has 2 aromatic rings. The fraction of sp³-hybridized carbons (Fsp3) is 0.231. The van der Waals surface area contributed by atoms with Crippen LogP contribution in [0.2, 0.25) is 0 Å². The van der Waals surface area contributed by atoms with E-state index in [1.165, 1.54) is 6.33 Å². The first-order chi connectivity index (χ1) is 9.31. The quantitative estimate of drug-likeness (QED) is 0.783. The molecule has 19 heavy (non-hydrogen) atoms. The summed E-state index contributed by atoms with van der Waals surface area (Å²) in [5.74, 6) is 1.61. The lowest BCUT2D eigenvalue weighted by Crippen LogP contribution is -1.97. The highest BCUT2D eigenvalue weighted by molar-refractivity contribution is 9.10. The summed E-state index contributed by atoms with van der Waals surface area (Å²) < 4.78 is 12.1. The van der Waals surface area contributed by atoms with Crippen molar-refractivity contribution in [3.8, 4) is 11.5 Å². The van der Waals surface area contributed by atoms with Crippen LogP contribution in [0.15, 0.2) is 45.1 Å². The van der Waals surface area contributed by atoms with Crippen molar-refractivity contribution in [1.82, 2.24) is 9.97 Å². The zero-order valence-electron chi connectivity index (χ0n) is 10.0. The van der Waals surface area contributed by atoms with Crippen LogP contribution in [0.5, 0.6) is 11.5 Å². The van der Waals surface area contributed by atoms with E-state index >= 15 is 0 Å². The number of hydrogen-bond acceptors (Lipinski definition) is 5. The lowest BCUT2D eigenvalue weighted by atomic mass is 10.3. The molecular weight excluding hydrogens is 328 g/mol. The van der Waals surface area contributed by atoms with Gasteiger partial charge in [-0.1, -0.05) is 11.8 Å². The molecule has 0 spiro atoms. The number of halogens is 1. The maximum atomic E-state index is 5.67. The Labute approximate surface area is 123 Å². The van der Waals surface area contributed by atoms with Crippen LogP contribution < -0.4 is 9.47 Å². The van der Waals surface area contributed by atoms with E-state index in [0.717, 1.165) is 32.4 Å². The van der Waals surface area contributed by atoms with Gasteiger partial charge in [-0.3, -0.25) is 0 Å². The zero-order valence-corrected chi connectivity index (χ0v) is 12.4. The van der Waals surface area contributed by atoms with Crippen molar-refractivity contribution in [2.45, 2.75) is 16.3 Å². The molecule has 0 atom stereocenters. The van der Waals surface area contributed by atoms with Gasteiger partial charge < -0.3 is 9.47 Å². The molecule has 0 bridgehead atoms. The summed E-state index contributed by atoms with van der Waals surface area (Å²) in [6.07, 6.45) is 2.45. The van der Waals surface area contributed by atoms with E-state index < -0.39 is 0 Å². The van der Waals surface area contributed by atoms with Crippen LogP contribution in [0.1, 0.15) is 6.42 Å². The van der Waals surface area contributed by atoms with E-state index in [2.05, 4.69) is 25.9 Å². The maximum absolute atomic E-state index is 5.67. The predicted octanol–water partition coefficient (Wildman–Crippen LogP) is 3.55. The number of hydrogen-bond donors (Lipinski definition) is 0. The van der Waals surface area contributed by atoms with Crippen molar-refractivity contribution >= 4 is 27.7 Å². The Bertz CT molecular complexity index is 595. The average Bonchev–Trinajstić information content (AvgIpc) is 2.63. The van der Waals surface area contributed by atoms with Crippen molar-refractivity contribution in [2.24, 2.45) is 0 Å². The molecule has 0 unspecified atom stereocenters. The average molecular weight is 339 g/mol. The number of fused-ring (bicyclic) bond motifs is 1. The molecule has 0 radical (unpaired) electrons. The van der Waals surface area contributed by atoms with Gasteiger partial charge >= 0.3 is 0 Å². The van der Waals surface area contributed by atoms with E-state index in [0.29, 0.717) is 13.2 Å². The Morgan fingerprint density at radius 1 is 1.05 bits per heavy atom. The molecule has 1 aromatic carbocycles. The molecule has 98 valence electrons. The molecule has 3 rings (SSSR count). The molecule has 1 aliphatic heterocycles. The minimum Gasteiger partial charge on any atom is -0.490 e. The zero-order chi connectivity index (χ0) is 13.1. The Balaban J connectivity index is 1.84.